The molecule has 3 aliphatic rings. The zero-order valence-electron chi connectivity index (χ0n) is 14.8. The predicted octanol–water partition coefficient (Wildman–Crippen LogP) is 4.36. The van der Waals surface area contributed by atoms with Crippen LogP contribution in [0.25, 0.3) is 0 Å². The van der Waals surface area contributed by atoms with E-state index in [0.717, 1.165) is 49.0 Å². The minimum atomic E-state index is -4.53. The van der Waals surface area contributed by atoms with Crippen LogP contribution in [0, 0.1) is 5.92 Å². The monoisotopic (exact) mass is 386 g/mol. The number of amides is 2. The maximum Gasteiger partial charge on any atom is 0.416 e. The molecule has 1 unspecified atom stereocenters. The number of hydrogen-bond donors (Lipinski definition) is 1. The molecule has 2 amide bonds. The number of carbonyl (C=O) groups excluding carboxylic acids is 2. The van der Waals surface area contributed by atoms with Crippen molar-refractivity contribution in [1.82, 2.24) is 5.32 Å². The van der Waals surface area contributed by atoms with Gasteiger partial charge in [0, 0.05) is 22.8 Å². The van der Waals surface area contributed by atoms with E-state index in [1.807, 2.05) is 6.08 Å². The number of nitrogens with one attached hydrogen (secondary N) is 1. The molecule has 0 fully saturated rings. The number of alkyl halides is 3. The third kappa shape index (κ3) is 3.44. The zero-order chi connectivity index (χ0) is 19.9. The van der Waals surface area contributed by atoms with Gasteiger partial charge in [0.25, 0.3) is 11.8 Å². The molecule has 4 rings (SSSR count). The van der Waals surface area contributed by atoms with Crippen LogP contribution in [0.2, 0.25) is 0 Å². The molecule has 0 saturated carbocycles. The SMILES string of the molecule is O=C1NC2=CC(=NC(=O)c3cccc(C(F)(F)F)c3)C=CC2C2=C1CCCC2. The molecule has 0 spiro atoms. The largest absolute Gasteiger partial charge is 0.416 e. The number of fused-ring (bicyclic) bond motifs is 2. The Morgan fingerprint density at radius 2 is 1.96 bits per heavy atom. The Bertz CT molecular complexity index is 984. The first-order valence-electron chi connectivity index (χ1n) is 9.06. The molecule has 0 bridgehead atoms. The second kappa shape index (κ2) is 6.89. The maximum atomic E-state index is 12.8. The van der Waals surface area contributed by atoms with E-state index >= 15 is 0 Å². The van der Waals surface area contributed by atoms with Crippen molar-refractivity contribution in [1.29, 1.82) is 0 Å². The Labute approximate surface area is 159 Å². The van der Waals surface area contributed by atoms with Gasteiger partial charge < -0.3 is 5.32 Å². The number of benzene rings is 1. The lowest BCUT2D eigenvalue weighted by atomic mass is 9.77. The molecule has 2 aliphatic carbocycles. The van der Waals surface area contributed by atoms with E-state index in [-0.39, 0.29) is 17.4 Å². The van der Waals surface area contributed by atoms with E-state index in [9.17, 15) is 22.8 Å². The van der Waals surface area contributed by atoms with Crippen molar-refractivity contribution in [2.45, 2.75) is 31.9 Å². The fourth-order valence-corrected chi connectivity index (χ4v) is 3.83. The molecule has 7 heteroatoms. The lowest BCUT2D eigenvalue weighted by Gasteiger charge is -2.33. The normalized spacial score (nSPS) is 23.1. The molecule has 4 nitrogen and oxygen atoms in total. The Balaban J connectivity index is 1.61. The number of aliphatic imine (C=N–C) groups is 1. The minimum absolute atomic E-state index is 0.0318. The minimum Gasteiger partial charge on any atom is -0.325 e. The Morgan fingerprint density at radius 3 is 2.75 bits per heavy atom. The van der Waals surface area contributed by atoms with Gasteiger partial charge in [-0.2, -0.15) is 13.2 Å². The Kier molecular flexibility index (Phi) is 4.53. The summed E-state index contributed by atoms with van der Waals surface area (Å²) in [6.07, 6.45) is 4.33. The van der Waals surface area contributed by atoms with E-state index < -0.39 is 17.6 Å². The van der Waals surface area contributed by atoms with E-state index in [2.05, 4.69) is 10.3 Å². The van der Waals surface area contributed by atoms with Crippen molar-refractivity contribution in [3.8, 4) is 0 Å². The maximum absolute atomic E-state index is 12.8. The van der Waals surface area contributed by atoms with Gasteiger partial charge in [-0.15, -0.1) is 0 Å². The van der Waals surface area contributed by atoms with E-state index in [0.29, 0.717) is 11.4 Å². The Morgan fingerprint density at radius 1 is 1.18 bits per heavy atom. The van der Waals surface area contributed by atoms with Gasteiger partial charge in [0.1, 0.15) is 0 Å². The molecule has 0 radical (unpaired) electrons. The van der Waals surface area contributed by atoms with Crippen molar-refractivity contribution in [3.05, 3.63) is 70.5 Å². The number of rotatable bonds is 1. The van der Waals surface area contributed by atoms with Crippen LogP contribution >= 0.6 is 0 Å². The average molecular weight is 386 g/mol. The predicted molar refractivity (Wildman–Crippen MR) is 97.6 cm³/mol. The summed E-state index contributed by atoms with van der Waals surface area (Å²) in [4.78, 5) is 28.6. The van der Waals surface area contributed by atoms with Crippen molar-refractivity contribution in [2.75, 3.05) is 0 Å². The summed E-state index contributed by atoms with van der Waals surface area (Å²) in [6.45, 7) is 0. The van der Waals surface area contributed by atoms with Gasteiger partial charge in [0.05, 0.1) is 11.3 Å². The summed E-state index contributed by atoms with van der Waals surface area (Å²) < 4.78 is 38.5. The van der Waals surface area contributed by atoms with Crippen molar-refractivity contribution < 1.29 is 22.8 Å². The lowest BCUT2D eigenvalue weighted by Crippen LogP contribution is -2.37. The smallest absolute Gasteiger partial charge is 0.325 e. The fourth-order valence-electron chi connectivity index (χ4n) is 3.83. The van der Waals surface area contributed by atoms with Gasteiger partial charge >= 0.3 is 6.18 Å². The second-order valence-electron chi connectivity index (χ2n) is 7.02. The van der Waals surface area contributed by atoms with Crippen LogP contribution in [0.5, 0.6) is 0 Å². The van der Waals surface area contributed by atoms with E-state index in [1.165, 1.54) is 12.1 Å². The van der Waals surface area contributed by atoms with Crippen LogP contribution in [-0.2, 0) is 11.0 Å². The Hall–Kier alpha value is -2.96. The topological polar surface area (TPSA) is 58.5 Å². The molecule has 0 aromatic heterocycles. The van der Waals surface area contributed by atoms with Crippen molar-refractivity contribution >= 4 is 17.5 Å². The molecule has 28 heavy (non-hydrogen) atoms. The first-order valence-corrected chi connectivity index (χ1v) is 9.06. The van der Waals surface area contributed by atoms with Gasteiger partial charge in [0.2, 0.25) is 0 Å². The zero-order valence-corrected chi connectivity index (χ0v) is 14.8. The average Bonchev–Trinajstić information content (AvgIpc) is 2.67. The van der Waals surface area contributed by atoms with Crippen LogP contribution in [-0.4, -0.2) is 17.5 Å². The van der Waals surface area contributed by atoms with Gasteiger partial charge in [0.15, 0.2) is 0 Å². The lowest BCUT2D eigenvalue weighted by molar-refractivity contribution is -0.137. The summed E-state index contributed by atoms with van der Waals surface area (Å²) >= 11 is 0. The quantitative estimate of drug-likeness (QED) is 0.780. The molecule has 1 aliphatic heterocycles. The molecule has 1 N–H and O–H groups in total. The molecule has 0 saturated heterocycles. The number of hydrogen-bond acceptors (Lipinski definition) is 2. The van der Waals surface area contributed by atoms with Crippen molar-refractivity contribution in [2.24, 2.45) is 10.9 Å². The van der Waals surface area contributed by atoms with Crippen molar-refractivity contribution in [3.63, 3.8) is 0 Å². The number of carbonyl (C=O) groups is 2. The standard InChI is InChI=1S/C21H17F3N2O2/c22-21(23,24)13-5-3-4-12(10-13)19(27)25-14-8-9-16-15-6-1-2-7-17(15)20(28)26-18(16)11-14/h3-5,8-11,16H,1-2,6-7H2,(H,26,28). The summed E-state index contributed by atoms with van der Waals surface area (Å²) in [6, 6.07) is 4.17. The first kappa shape index (κ1) is 18.4. The highest BCUT2D eigenvalue weighted by molar-refractivity contribution is 6.14. The van der Waals surface area contributed by atoms with Crippen LogP contribution in [0.4, 0.5) is 13.2 Å². The van der Waals surface area contributed by atoms with Gasteiger partial charge in [-0.25, -0.2) is 4.99 Å². The highest BCUT2D eigenvalue weighted by Crippen LogP contribution is 2.38. The molecule has 1 aromatic carbocycles. The molecule has 1 aromatic rings. The molecular weight excluding hydrogens is 369 g/mol. The van der Waals surface area contributed by atoms with Crippen LogP contribution in [0.1, 0.15) is 41.6 Å². The summed E-state index contributed by atoms with van der Waals surface area (Å²) in [5, 5.41) is 2.86. The first-order chi connectivity index (χ1) is 13.3. The van der Waals surface area contributed by atoms with E-state index in [4.69, 9.17) is 0 Å². The third-order valence-corrected chi connectivity index (χ3v) is 5.18. The number of halogens is 3. The molecule has 144 valence electrons. The highest BCUT2D eigenvalue weighted by Gasteiger charge is 2.33. The van der Waals surface area contributed by atoms with Gasteiger partial charge in [-0.05, 0) is 61.6 Å². The van der Waals surface area contributed by atoms with Gasteiger partial charge in [-0.1, -0.05) is 12.1 Å². The molecular formula is C21H17F3N2O2. The number of nitrogens with zero attached hydrogens (tertiary/aromatic N) is 1. The highest BCUT2D eigenvalue weighted by atomic mass is 19.4. The second-order valence-corrected chi connectivity index (χ2v) is 7.02. The number of allylic oxidation sites excluding steroid dienone is 3. The summed E-state index contributed by atoms with van der Waals surface area (Å²) in [5.41, 5.74) is 1.88. The summed E-state index contributed by atoms with van der Waals surface area (Å²) in [7, 11) is 0. The van der Waals surface area contributed by atoms with Crippen LogP contribution in [0.3, 0.4) is 0 Å². The van der Waals surface area contributed by atoms with Crippen LogP contribution in [0.15, 0.2) is 64.3 Å². The molecule has 1 atom stereocenters. The molecule has 1 heterocycles. The van der Waals surface area contributed by atoms with Gasteiger partial charge in [-0.3, -0.25) is 9.59 Å². The van der Waals surface area contributed by atoms with Crippen LogP contribution < -0.4 is 5.32 Å². The summed E-state index contributed by atoms with van der Waals surface area (Å²) in [5.74, 6) is -0.910. The fraction of sp³-hybridized carbons (Fsp3) is 0.286. The van der Waals surface area contributed by atoms with E-state index in [1.54, 1.807) is 12.2 Å². The third-order valence-electron chi connectivity index (χ3n) is 5.18.